The van der Waals surface area contributed by atoms with E-state index in [1.807, 2.05) is 0 Å². The van der Waals surface area contributed by atoms with Crippen LogP contribution in [-0.4, -0.2) is 23.4 Å². The minimum atomic E-state index is -3.74. The molecule has 0 fully saturated rings. The van der Waals surface area contributed by atoms with Crippen LogP contribution in [0.1, 0.15) is 0 Å². The Bertz CT molecular complexity index is 613. The molecule has 2 aromatic rings. The summed E-state index contributed by atoms with van der Waals surface area (Å²) >= 11 is 0. The van der Waals surface area contributed by atoms with E-state index in [-0.39, 0.29) is 16.7 Å². The zero-order valence-corrected chi connectivity index (χ0v) is 9.92. The van der Waals surface area contributed by atoms with Crippen molar-refractivity contribution in [3.05, 3.63) is 36.8 Å². The molecule has 8 nitrogen and oxygen atoms in total. The van der Waals surface area contributed by atoms with Gasteiger partial charge in [0.1, 0.15) is 10.7 Å². The van der Waals surface area contributed by atoms with Gasteiger partial charge in [-0.2, -0.15) is 0 Å². The Morgan fingerprint density at radius 1 is 1.11 bits per heavy atom. The van der Waals surface area contributed by atoms with Crippen molar-refractivity contribution in [1.29, 1.82) is 0 Å². The molecule has 0 spiro atoms. The Hall–Kier alpha value is -2.26. The summed E-state index contributed by atoms with van der Waals surface area (Å²) in [5.41, 5.74) is 2.21. The van der Waals surface area contributed by atoms with Crippen molar-refractivity contribution < 1.29 is 8.42 Å². The summed E-state index contributed by atoms with van der Waals surface area (Å²) in [6.45, 7) is 0. The van der Waals surface area contributed by atoms with Crippen molar-refractivity contribution in [2.24, 2.45) is 5.84 Å². The summed E-state index contributed by atoms with van der Waals surface area (Å²) in [6.07, 6.45) is 3.77. The lowest BCUT2D eigenvalue weighted by molar-refractivity contribution is 0.600. The predicted molar refractivity (Wildman–Crippen MR) is 64.9 cm³/mol. The van der Waals surface area contributed by atoms with Gasteiger partial charge in [-0.3, -0.25) is 10.1 Å². The number of hydrazine groups is 1. The van der Waals surface area contributed by atoms with Crippen LogP contribution in [0.4, 0.5) is 11.8 Å². The zero-order chi connectivity index (χ0) is 13.0. The summed E-state index contributed by atoms with van der Waals surface area (Å²) in [4.78, 5) is 11.2. The number of anilines is 2. The SMILES string of the molecule is NNc1ncc(S(=O)(=O)Nc2ccccn2)cn1. The fraction of sp³-hybridized carbons (Fsp3) is 0. The maximum Gasteiger partial charge on any atom is 0.266 e. The molecule has 0 radical (unpaired) electrons. The highest BCUT2D eigenvalue weighted by Gasteiger charge is 2.15. The zero-order valence-electron chi connectivity index (χ0n) is 9.11. The highest BCUT2D eigenvalue weighted by molar-refractivity contribution is 7.92. The third-order valence-corrected chi connectivity index (χ3v) is 3.28. The fourth-order valence-corrected chi connectivity index (χ4v) is 2.05. The van der Waals surface area contributed by atoms with E-state index >= 15 is 0 Å². The van der Waals surface area contributed by atoms with Gasteiger partial charge in [-0.25, -0.2) is 29.2 Å². The second-order valence-corrected chi connectivity index (χ2v) is 4.89. The number of hydrogen-bond donors (Lipinski definition) is 3. The Morgan fingerprint density at radius 3 is 2.39 bits per heavy atom. The van der Waals surface area contributed by atoms with Crippen LogP contribution in [0.3, 0.4) is 0 Å². The lowest BCUT2D eigenvalue weighted by Crippen LogP contribution is -2.16. The van der Waals surface area contributed by atoms with Crippen molar-refractivity contribution in [3.63, 3.8) is 0 Å². The lowest BCUT2D eigenvalue weighted by atomic mass is 10.5. The monoisotopic (exact) mass is 266 g/mol. The van der Waals surface area contributed by atoms with Crippen LogP contribution in [0, 0.1) is 0 Å². The minimum absolute atomic E-state index is 0.0767. The number of nitrogens with zero attached hydrogens (tertiary/aromatic N) is 3. The van der Waals surface area contributed by atoms with Crippen LogP contribution >= 0.6 is 0 Å². The normalized spacial score (nSPS) is 10.9. The Morgan fingerprint density at radius 2 is 1.83 bits per heavy atom. The second-order valence-electron chi connectivity index (χ2n) is 3.21. The molecule has 0 aromatic carbocycles. The third kappa shape index (κ3) is 2.70. The van der Waals surface area contributed by atoms with Crippen molar-refractivity contribution in [3.8, 4) is 0 Å². The standard InChI is InChI=1S/C9H10N6O2S/c10-14-9-12-5-7(6-13-9)18(16,17)15-8-3-1-2-4-11-8/h1-6H,10H2,(H,11,15)(H,12,13,14). The number of hydrogen-bond acceptors (Lipinski definition) is 7. The molecule has 9 heteroatoms. The largest absolute Gasteiger partial charge is 0.292 e. The average Bonchev–Trinajstić information content (AvgIpc) is 2.39. The summed E-state index contributed by atoms with van der Waals surface area (Å²) in [5, 5.41) is 0. The van der Waals surface area contributed by atoms with E-state index in [1.54, 1.807) is 12.1 Å². The molecular formula is C9H10N6O2S. The quantitative estimate of drug-likeness (QED) is 0.524. The molecule has 94 valence electrons. The summed E-state index contributed by atoms with van der Waals surface area (Å²) in [5.74, 6) is 5.43. The van der Waals surface area contributed by atoms with Crippen LogP contribution < -0.4 is 16.0 Å². The Labute approximate surface area is 103 Å². The summed E-state index contributed by atoms with van der Waals surface area (Å²) in [7, 11) is -3.74. The molecule has 2 heterocycles. The van der Waals surface area contributed by atoms with E-state index in [9.17, 15) is 8.42 Å². The van der Waals surface area contributed by atoms with Crippen LogP contribution in [0.2, 0.25) is 0 Å². The number of nitrogens with two attached hydrogens (primary N) is 1. The van der Waals surface area contributed by atoms with Gasteiger partial charge in [0.2, 0.25) is 5.95 Å². The van der Waals surface area contributed by atoms with Crippen LogP contribution in [0.15, 0.2) is 41.7 Å². The molecule has 2 aromatic heterocycles. The summed E-state index contributed by atoms with van der Waals surface area (Å²) in [6, 6.07) is 4.89. The van der Waals surface area contributed by atoms with E-state index in [1.165, 1.54) is 12.3 Å². The van der Waals surface area contributed by atoms with E-state index in [0.717, 1.165) is 12.4 Å². The maximum atomic E-state index is 11.9. The van der Waals surface area contributed by atoms with Gasteiger partial charge in [0.25, 0.3) is 10.0 Å². The van der Waals surface area contributed by atoms with Gasteiger partial charge in [-0.15, -0.1) is 0 Å². The van der Waals surface area contributed by atoms with Gasteiger partial charge in [-0.05, 0) is 12.1 Å². The van der Waals surface area contributed by atoms with Crippen LogP contribution in [-0.2, 0) is 10.0 Å². The number of nitrogen functional groups attached to an aromatic ring is 1. The minimum Gasteiger partial charge on any atom is -0.292 e. The van der Waals surface area contributed by atoms with Gasteiger partial charge < -0.3 is 0 Å². The molecule has 0 bridgehead atoms. The molecule has 0 aliphatic carbocycles. The summed E-state index contributed by atoms with van der Waals surface area (Å²) < 4.78 is 26.1. The van der Waals surface area contributed by atoms with E-state index in [2.05, 4.69) is 25.1 Å². The Balaban J connectivity index is 2.25. The van der Waals surface area contributed by atoms with Crippen molar-refractivity contribution in [2.75, 3.05) is 10.1 Å². The average molecular weight is 266 g/mol. The molecule has 2 rings (SSSR count). The molecular weight excluding hydrogens is 256 g/mol. The number of rotatable bonds is 4. The Kier molecular flexibility index (Phi) is 3.35. The number of sulfonamides is 1. The molecule has 4 N–H and O–H groups in total. The van der Waals surface area contributed by atoms with Gasteiger partial charge in [-0.1, -0.05) is 6.07 Å². The van der Waals surface area contributed by atoms with Gasteiger partial charge in [0.15, 0.2) is 0 Å². The number of nitrogens with one attached hydrogen (secondary N) is 2. The van der Waals surface area contributed by atoms with Crippen molar-refractivity contribution >= 4 is 21.8 Å². The first kappa shape index (κ1) is 12.2. The smallest absolute Gasteiger partial charge is 0.266 e. The predicted octanol–water partition coefficient (Wildman–Crippen LogP) is -0.0420. The molecule has 0 atom stereocenters. The van der Waals surface area contributed by atoms with E-state index in [4.69, 9.17) is 5.84 Å². The van der Waals surface area contributed by atoms with Crippen molar-refractivity contribution in [1.82, 2.24) is 15.0 Å². The molecule has 0 aliphatic heterocycles. The first-order valence-corrected chi connectivity index (χ1v) is 6.32. The molecule has 0 amide bonds. The van der Waals surface area contributed by atoms with Crippen LogP contribution in [0.5, 0.6) is 0 Å². The number of pyridine rings is 1. The second kappa shape index (κ2) is 4.94. The van der Waals surface area contributed by atoms with Gasteiger partial charge >= 0.3 is 0 Å². The van der Waals surface area contributed by atoms with E-state index < -0.39 is 10.0 Å². The third-order valence-electron chi connectivity index (χ3n) is 1.97. The van der Waals surface area contributed by atoms with Crippen molar-refractivity contribution in [2.45, 2.75) is 4.90 Å². The molecule has 0 aliphatic rings. The first-order valence-electron chi connectivity index (χ1n) is 4.84. The highest BCUT2D eigenvalue weighted by Crippen LogP contribution is 2.12. The molecule has 0 saturated heterocycles. The fourth-order valence-electron chi connectivity index (χ4n) is 1.15. The highest BCUT2D eigenvalue weighted by atomic mass is 32.2. The topological polar surface area (TPSA) is 123 Å². The molecule has 18 heavy (non-hydrogen) atoms. The lowest BCUT2D eigenvalue weighted by Gasteiger charge is -2.06. The molecule has 0 unspecified atom stereocenters. The van der Waals surface area contributed by atoms with Gasteiger partial charge in [0.05, 0.1) is 12.4 Å². The number of aromatic nitrogens is 3. The maximum absolute atomic E-state index is 11.9. The molecule has 0 saturated carbocycles. The van der Waals surface area contributed by atoms with Crippen LogP contribution in [0.25, 0.3) is 0 Å². The first-order chi connectivity index (χ1) is 8.62. The van der Waals surface area contributed by atoms with Gasteiger partial charge in [0, 0.05) is 6.20 Å². The van der Waals surface area contributed by atoms with E-state index in [0.29, 0.717) is 0 Å².